The number of cyclic esters (lactones) is 1. The van der Waals surface area contributed by atoms with Gasteiger partial charge in [0.25, 0.3) is 0 Å². The molecule has 1 aliphatic rings. The SMILES string of the molecule is COc1cccc(OC)c1CC1CCC(=O)O1. The number of rotatable bonds is 4. The van der Waals surface area contributed by atoms with Crippen molar-refractivity contribution in [3.05, 3.63) is 23.8 Å². The quantitative estimate of drug-likeness (QED) is 0.749. The van der Waals surface area contributed by atoms with Gasteiger partial charge in [-0.1, -0.05) is 6.07 Å². The van der Waals surface area contributed by atoms with Crippen molar-refractivity contribution >= 4 is 5.97 Å². The molecule has 2 rings (SSSR count). The van der Waals surface area contributed by atoms with Crippen LogP contribution in [0.3, 0.4) is 0 Å². The average Bonchev–Trinajstić information content (AvgIpc) is 2.75. The van der Waals surface area contributed by atoms with E-state index in [0.29, 0.717) is 12.8 Å². The molecule has 0 amide bonds. The first kappa shape index (κ1) is 11.8. The molecule has 1 atom stereocenters. The summed E-state index contributed by atoms with van der Waals surface area (Å²) in [5.41, 5.74) is 0.956. The van der Waals surface area contributed by atoms with E-state index < -0.39 is 0 Å². The summed E-state index contributed by atoms with van der Waals surface area (Å²) in [6, 6.07) is 5.64. The Hall–Kier alpha value is -1.71. The van der Waals surface area contributed by atoms with Crippen molar-refractivity contribution in [1.82, 2.24) is 0 Å². The van der Waals surface area contributed by atoms with Crippen molar-refractivity contribution in [2.75, 3.05) is 14.2 Å². The number of methoxy groups -OCH3 is 2. The molecular formula is C13H16O4. The monoisotopic (exact) mass is 236 g/mol. The van der Waals surface area contributed by atoms with Crippen LogP contribution in [0.25, 0.3) is 0 Å². The highest BCUT2D eigenvalue weighted by Crippen LogP contribution is 2.31. The fourth-order valence-electron chi connectivity index (χ4n) is 2.08. The van der Waals surface area contributed by atoms with Gasteiger partial charge in [0.15, 0.2) is 0 Å². The zero-order chi connectivity index (χ0) is 12.3. The van der Waals surface area contributed by atoms with E-state index in [2.05, 4.69) is 0 Å². The van der Waals surface area contributed by atoms with E-state index in [-0.39, 0.29) is 12.1 Å². The zero-order valence-corrected chi connectivity index (χ0v) is 10.1. The lowest BCUT2D eigenvalue weighted by Crippen LogP contribution is -2.12. The first-order valence-corrected chi connectivity index (χ1v) is 5.64. The molecule has 0 N–H and O–H groups in total. The molecule has 1 fully saturated rings. The van der Waals surface area contributed by atoms with Gasteiger partial charge in [-0.25, -0.2) is 0 Å². The Balaban J connectivity index is 2.20. The van der Waals surface area contributed by atoms with Crippen LogP contribution in [-0.4, -0.2) is 26.3 Å². The number of hydrogen-bond acceptors (Lipinski definition) is 4. The molecule has 17 heavy (non-hydrogen) atoms. The number of hydrogen-bond donors (Lipinski definition) is 0. The molecule has 1 saturated heterocycles. The Labute approximate surface area is 100 Å². The van der Waals surface area contributed by atoms with Crippen LogP contribution in [0.4, 0.5) is 0 Å². The Morgan fingerprint density at radius 2 is 1.94 bits per heavy atom. The third-order valence-corrected chi connectivity index (χ3v) is 2.93. The Bertz CT molecular complexity index is 392. The molecule has 1 unspecified atom stereocenters. The van der Waals surface area contributed by atoms with Gasteiger partial charge in [0.1, 0.15) is 17.6 Å². The van der Waals surface area contributed by atoms with E-state index in [1.807, 2.05) is 18.2 Å². The lowest BCUT2D eigenvalue weighted by atomic mass is 10.0. The minimum absolute atomic E-state index is 0.0623. The molecule has 1 aliphatic heterocycles. The van der Waals surface area contributed by atoms with E-state index in [1.165, 1.54) is 0 Å². The summed E-state index contributed by atoms with van der Waals surface area (Å²) >= 11 is 0. The second-order valence-corrected chi connectivity index (χ2v) is 4.00. The van der Waals surface area contributed by atoms with Crippen LogP contribution in [0.2, 0.25) is 0 Å². The standard InChI is InChI=1S/C13H16O4/c1-15-11-4-3-5-12(16-2)10(11)8-9-6-7-13(14)17-9/h3-5,9H,6-8H2,1-2H3. The number of ether oxygens (including phenoxy) is 3. The van der Waals surface area contributed by atoms with Crippen molar-refractivity contribution < 1.29 is 19.0 Å². The third kappa shape index (κ3) is 2.52. The van der Waals surface area contributed by atoms with Gasteiger partial charge in [-0.15, -0.1) is 0 Å². The second-order valence-electron chi connectivity index (χ2n) is 4.00. The smallest absolute Gasteiger partial charge is 0.306 e. The maximum Gasteiger partial charge on any atom is 0.306 e. The van der Waals surface area contributed by atoms with E-state index in [9.17, 15) is 4.79 Å². The molecule has 0 aromatic heterocycles. The molecule has 1 heterocycles. The largest absolute Gasteiger partial charge is 0.496 e. The van der Waals surface area contributed by atoms with Gasteiger partial charge < -0.3 is 14.2 Å². The van der Waals surface area contributed by atoms with Crippen molar-refractivity contribution in [3.8, 4) is 11.5 Å². The van der Waals surface area contributed by atoms with Gasteiger partial charge in [-0.2, -0.15) is 0 Å². The first-order chi connectivity index (χ1) is 8.24. The maximum atomic E-state index is 11.1. The third-order valence-electron chi connectivity index (χ3n) is 2.93. The highest BCUT2D eigenvalue weighted by Gasteiger charge is 2.25. The summed E-state index contributed by atoms with van der Waals surface area (Å²) in [6.07, 6.45) is 1.84. The average molecular weight is 236 g/mol. The summed E-state index contributed by atoms with van der Waals surface area (Å²) in [4.78, 5) is 11.1. The Kier molecular flexibility index (Phi) is 3.52. The summed E-state index contributed by atoms with van der Waals surface area (Å²) < 4.78 is 15.8. The molecule has 4 nitrogen and oxygen atoms in total. The van der Waals surface area contributed by atoms with E-state index >= 15 is 0 Å². The van der Waals surface area contributed by atoms with Crippen molar-refractivity contribution in [3.63, 3.8) is 0 Å². The van der Waals surface area contributed by atoms with Crippen molar-refractivity contribution in [2.24, 2.45) is 0 Å². The van der Waals surface area contributed by atoms with Crippen LogP contribution in [0, 0.1) is 0 Å². The number of benzene rings is 1. The molecule has 4 heteroatoms. The summed E-state index contributed by atoms with van der Waals surface area (Å²) in [5, 5.41) is 0. The Morgan fingerprint density at radius 3 is 2.41 bits per heavy atom. The highest BCUT2D eigenvalue weighted by molar-refractivity contribution is 5.71. The first-order valence-electron chi connectivity index (χ1n) is 5.64. The summed E-state index contributed by atoms with van der Waals surface area (Å²) in [7, 11) is 3.25. The van der Waals surface area contributed by atoms with Gasteiger partial charge in [0.2, 0.25) is 0 Å². The van der Waals surface area contributed by atoms with Crippen molar-refractivity contribution in [1.29, 1.82) is 0 Å². The van der Waals surface area contributed by atoms with E-state index in [0.717, 1.165) is 23.5 Å². The fourth-order valence-corrected chi connectivity index (χ4v) is 2.08. The molecule has 0 aliphatic carbocycles. The highest BCUT2D eigenvalue weighted by atomic mass is 16.5. The van der Waals surface area contributed by atoms with Gasteiger partial charge in [0, 0.05) is 18.4 Å². The minimum atomic E-state index is -0.121. The molecule has 92 valence electrons. The summed E-state index contributed by atoms with van der Waals surface area (Å²) in [6.45, 7) is 0. The lowest BCUT2D eigenvalue weighted by Gasteiger charge is -2.15. The molecular weight excluding hydrogens is 220 g/mol. The second kappa shape index (κ2) is 5.08. The van der Waals surface area contributed by atoms with Crippen LogP contribution in [-0.2, 0) is 16.0 Å². The zero-order valence-electron chi connectivity index (χ0n) is 10.1. The topological polar surface area (TPSA) is 44.8 Å². The maximum absolute atomic E-state index is 11.1. The van der Waals surface area contributed by atoms with Crippen LogP contribution in [0.15, 0.2) is 18.2 Å². The molecule has 1 aromatic rings. The molecule has 0 spiro atoms. The van der Waals surface area contributed by atoms with Crippen molar-refractivity contribution in [2.45, 2.75) is 25.4 Å². The van der Waals surface area contributed by atoms with Crippen LogP contribution < -0.4 is 9.47 Å². The number of carbonyl (C=O) groups excluding carboxylic acids is 1. The normalized spacial score (nSPS) is 18.9. The molecule has 0 bridgehead atoms. The molecule has 0 saturated carbocycles. The van der Waals surface area contributed by atoms with Crippen LogP contribution in [0.1, 0.15) is 18.4 Å². The van der Waals surface area contributed by atoms with Crippen LogP contribution in [0.5, 0.6) is 11.5 Å². The fraction of sp³-hybridized carbons (Fsp3) is 0.462. The number of esters is 1. The van der Waals surface area contributed by atoms with E-state index in [4.69, 9.17) is 14.2 Å². The minimum Gasteiger partial charge on any atom is -0.496 e. The molecule has 0 radical (unpaired) electrons. The van der Waals surface area contributed by atoms with Gasteiger partial charge in [-0.3, -0.25) is 4.79 Å². The number of carbonyl (C=O) groups is 1. The van der Waals surface area contributed by atoms with Gasteiger partial charge in [0.05, 0.1) is 14.2 Å². The van der Waals surface area contributed by atoms with Gasteiger partial charge in [-0.05, 0) is 18.6 Å². The lowest BCUT2D eigenvalue weighted by molar-refractivity contribution is -0.141. The predicted molar refractivity (Wildman–Crippen MR) is 62.4 cm³/mol. The van der Waals surface area contributed by atoms with Crippen LogP contribution >= 0.6 is 0 Å². The van der Waals surface area contributed by atoms with E-state index in [1.54, 1.807) is 14.2 Å². The predicted octanol–water partition coefficient (Wildman–Crippen LogP) is 1.95. The van der Waals surface area contributed by atoms with Gasteiger partial charge >= 0.3 is 5.97 Å². The molecule has 1 aromatic carbocycles. The summed E-state index contributed by atoms with van der Waals surface area (Å²) in [5.74, 6) is 1.42. The Morgan fingerprint density at radius 1 is 1.29 bits per heavy atom.